The molecule has 1 aromatic rings. The summed E-state index contributed by atoms with van der Waals surface area (Å²) in [5.74, 6) is -1.14. The first-order valence-corrected chi connectivity index (χ1v) is 4.73. The van der Waals surface area contributed by atoms with Crippen LogP contribution < -0.4 is 5.32 Å². The molecule has 0 amide bonds. The van der Waals surface area contributed by atoms with Crippen LogP contribution in [-0.2, 0) is 4.74 Å². The van der Waals surface area contributed by atoms with E-state index < -0.39 is 12.1 Å². The number of hydrogen-bond donors (Lipinski definition) is 3. The van der Waals surface area contributed by atoms with Gasteiger partial charge in [-0.25, -0.2) is 4.79 Å². The van der Waals surface area contributed by atoms with Gasteiger partial charge in [0.15, 0.2) is 5.69 Å². The number of hydrogen-bond acceptors (Lipinski definition) is 6. The molecule has 0 saturated carbocycles. The lowest BCUT2D eigenvalue weighted by Crippen LogP contribution is -2.18. The molecule has 0 bridgehead atoms. The van der Waals surface area contributed by atoms with E-state index in [0.29, 0.717) is 13.0 Å². The fraction of sp³-hybridized carbons (Fsp3) is 0.556. The van der Waals surface area contributed by atoms with E-state index in [1.165, 1.54) is 7.11 Å². The fourth-order valence-electron chi connectivity index (χ4n) is 1.07. The molecule has 0 aliphatic carbocycles. The molecule has 3 N–H and O–H groups in total. The maximum absolute atomic E-state index is 10.5. The molecule has 1 rings (SSSR count). The lowest BCUT2D eigenvalue weighted by molar-refractivity contribution is 0.0614. The minimum absolute atomic E-state index is 0.127. The highest BCUT2D eigenvalue weighted by molar-refractivity contribution is 5.85. The van der Waals surface area contributed by atoms with Gasteiger partial charge in [-0.15, -0.1) is 0 Å². The summed E-state index contributed by atoms with van der Waals surface area (Å²) < 4.78 is 9.60. The zero-order chi connectivity index (χ0) is 12.0. The third-order valence-corrected chi connectivity index (χ3v) is 1.84. The fourth-order valence-corrected chi connectivity index (χ4v) is 1.07. The number of aliphatic hydroxyl groups is 1. The largest absolute Gasteiger partial charge is 0.476 e. The maximum atomic E-state index is 10.5. The van der Waals surface area contributed by atoms with Crippen molar-refractivity contribution in [1.29, 1.82) is 0 Å². The van der Waals surface area contributed by atoms with E-state index in [1.54, 1.807) is 0 Å². The lowest BCUT2D eigenvalue weighted by Gasteiger charge is -2.08. The number of carbonyl (C=O) groups is 1. The van der Waals surface area contributed by atoms with Crippen LogP contribution in [-0.4, -0.2) is 47.5 Å². The molecule has 1 aromatic heterocycles. The SMILES string of the molecule is COCC(O)CCNc1nc(C(=O)O)co1. The number of rotatable bonds is 7. The van der Waals surface area contributed by atoms with E-state index >= 15 is 0 Å². The number of nitrogens with zero attached hydrogens (tertiary/aromatic N) is 1. The highest BCUT2D eigenvalue weighted by Gasteiger charge is 2.10. The zero-order valence-electron chi connectivity index (χ0n) is 8.84. The number of anilines is 1. The number of carboxylic acids is 1. The Morgan fingerprint density at radius 3 is 3.06 bits per heavy atom. The summed E-state index contributed by atoms with van der Waals surface area (Å²) in [6, 6.07) is 0.127. The van der Waals surface area contributed by atoms with Gasteiger partial charge in [0.05, 0.1) is 12.7 Å². The molecule has 7 heteroatoms. The van der Waals surface area contributed by atoms with Crippen molar-refractivity contribution in [2.75, 3.05) is 25.6 Å². The molecule has 0 spiro atoms. The summed E-state index contributed by atoms with van der Waals surface area (Å²) in [7, 11) is 1.50. The number of aromatic carboxylic acids is 1. The van der Waals surface area contributed by atoms with E-state index in [-0.39, 0.29) is 18.3 Å². The molecular weight excluding hydrogens is 216 g/mol. The van der Waals surface area contributed by atoms with Crippen molar-refractivity contribution in [2.45, 2.75) is 12.5 Å². The normalized spacial score (nSPS) is 12.4. The molecule has 0 aromatic carbocycles. The van der Waals surface area contributed by atoms with Crippen LogP contribution in [0.25, 0.3) is 0 Å². The molecule has 0 radical (unpaired) electrons. The van der Waals surface area contributed by atoms with Crippen LogP contribution in [0.2, 0.25) is 0 Å². The second-order valence-electron chi connectivity index (χ2n) is 3.17. The molecule has 0 saturated heterocycles. The van der Waals surface area contributed by atoms with Gasteiger partial charge in [-0.3, -0.25) is 0 Å². The molecule has 90 valence electrons. The smallest absolute Gasteiger partial charge is 0.357 e. The van der Waals surface area contributed by atoms with Crippen molar-refractivity contribution in [3.05, 3.63) is 12.0 Å². The van der Waals surface area contributed by atoms with Crippen molar-refractivity contribution in [1.82, 2.24) is 4.98 Å². The molecule has 0 aliphatic heterocycles. The Bertz CT molecular complexity index is 338. The van der Waals surface area contributed by atoms with Gasteiger partial charge in [-0.1, -0.05) is 0 Å². The number of nitrogens with one attached hydrogen (secondary N) is 1. The Balaban J connectivity index is 2.29. The summed E-state index contributed by atoms with van der Waals surface area (Å²) in [6.45, 7) is 0.678. The number of ether oxygens (including phenoxy) is 1. The molecule has 0 aliphatic rings. The predicted molar refractivity (Wildman–Crippen MR) is 54.5 cm³/mol. The van der Waals surface area contributed by atoms with Crippen LogP contribution in [0.4, 0.5) is 6.01 Å². The maximum Gasteiger partial charge on any atom is 0.357 e. The average molecular weight is 230 g/mol. The number of methoxy groups -OCH3 is 1. The minimum atomic E-state index is -1.14. The van der Waals surface area contributed by atoms with Gasteiger partial charge in [0.1, 0.15) is 6.26 Å². The standard InChI is InChI=1S/C9H14N2O5/c1-15-4-6(12)2-3-10-9-11-7(5-16-9)8(13)14/h5-6,12H,2-4H2,1H3,(H,10,11)(H,13,14). The molecular formula is C9H14N2O5. The molecule has 1 atom stereocenters. The summed E-state index contributed by atoms with van der Waals surface area (Å²) in [4.78, 5) is 14.1. The van der Waals surface area contributed by atoms with Crippen molar-refractivity contribution in [3.63, 3.8) is 0 Å². The van der Waals surface area contributed by atoms with Crippen LogP contribution in [0.15, 0.2) is 10.7 Å². The first-order valence-electron chi connectivity index (χ1n) is 4.73. The van der Waals surface area contributed by atoms with Gasteiger partial charge in [0, 0.05) is 13.7 Å². The van der Waals surface area contributed by atoms with Gasteiger partial charge in [0.25, 0.3) is 6.01 Å². The second kappa shape index (κ2) is 6.09. The topological polar surface area (TPSA) is 105 Å². The number of aromatic nitrogens is 1. The molecule has 7 nitrogen and oxygen atoms in total. The Hall–Kier alpha value is -1.60. The van der Waals surface area contributed by atoms with Crippen molar-refractivity contribution < 1.29 is 24.2 Å². The van der Waals surface area contributed by atoms with Crippen LogP contribution in [0.1, 0.15) is 16.9 Å². The van der Waals surface area contributed by atoms with Crippen molar-refractivity contribution >= 4 is 12.0 Å². The zero-order valence-corrected chi connectivity index (χ0v) is 8.84. The van der Waals surface area contributed by atoms with Gasteiger partial charge < -0.3 is 24.7 Å². The molecule has 1 heterocycles. The number of oxazole rings is 1. The van der Waals surface area contributed by atoms with E-state index in [9.17, 15) is 9.90 Å². The predicted octanol–water partition coefficient (Wildman–Crippen LogP) is 0.182. The highest BCUT2D eigenvalue weighted by Crippen LogP contribution is 2.07. The summed E-state index contributed by atoms with van der Waals surface area (Å²) >= 11 is 0. The average Bonchev–Trinajstić information content (AvgIpc) is 2.67. The molecule has 0 fully saturated rings. The van der Waals surface area contributed by atoms with Crippen molar-refractivity contribution in [3.8, 4) is 0 Å². The van der Waals surface area contributed by atoms with E-state index in [4.69, 9.17) is 14.3 Å². The monoisotopic (exact) mass is 230 g/mol. The van der Waals surface area contributed by atoms with Gasteiger partial charge >= 0.3 is 5.97 Å². The molecule has 16 heavy (non-hydrogen) atoms. The third kappa shape index (κ3) is 3.87. The molecule has 1 unspecified atom stereocenters. The van der Waals surface area contributed by atoms with E-state index in [0.717, 1.165) is 6.26 Å². The van der Waals surface area contributed by atoms with Crippen LogP contribution in [0.3, 0.4) is 0 Å². The lowest BCUT2D eigenvalue weighted by atomic mass is 10.3. The van der Waals surface area contributed by atoms with Crippen molar-refractivity contribution in [2.24, 2.45) is 0 Å². The van der Waals surface area contributed by atoms with Gasteiger partial charge in [-0.2, -0.15) is 4.98 Å². The number of carboxylic acid groups (broad SMARTS) is 1. The van der Waals surface area contributed by atoms with Gasteiger partial charge in [0.2, 0.25) is 0 Å². The minimum Gasteiger partial charge on any atom is -0.476 e. The second-order valence-corrected chi connectivity index (χ2v) is 3.17. The van der Waals surface area contributed by atoms with Crippen LogP contribution in [0.5, 0.6) is 0 Å². The van der Waals surface area contributed by atoms with Gasteiger partial charge in [-0.05, 0) is 6.42 Å². The van der Waals surface area contributed by atoms with E-state index in [1.807, 2.05) is 0 Å². The Morgan fingerprint density at radius 2 is 2.50 bits per heavy atom. The summed E-state index contributed by atoms with van der Waals surface area (Å²) in [5, 5.41) is 20.6. The first-order chi connectivity index (χ1) is 7.63. The quantitative estimate of drug-likeness (QED) is 0.613. The summed E-state index contributed by atoms with van der Waals surface area (Å²) in [6.07, 6.45) is 0.945. The Labute approximate surface area is 92.0 Å². The Morgan fingerprint density at radius 1 is 1.75 bits per heavy atom. The first kappa shape index (κ1) is 12.5. The third-order valence-electron chi connectivity index (χ3n) is 1.84. The van der Waals surface area contributed by atoms with Crippen LogP contribution in [0, 0.1) is 0 Å². The summed E-state index contributed by atoms with van der Waals surface area (Å²) in [5.41, 5.74) is -0.153. The number of aliphatic hydroxyl groups excluding tert-OH is 1. The van der Waals surface area contributed by atoms with Crippen LogP contribution >= 0.6 is 0 Å². The van der Waals surface area contributed by atoms with E-state index in [2.05, 4.69) is 10.3 Å². The highest BCUT2D eigenvalue weighted by atomic mass is 16.5. The Kier molecular flexibility index (Phi) is 4.74.